The second kappa shape index (κ2) is 23.6. The number of anilines is 1. The highest BCUT2D eigenvalue weighted by molar-refractivity contribution is 5.56. The molecule has 0 amide bonds. The Kier molecular flexibility index (Phi) is 24.7. The van der Waals surface area contributed by atoms with Crippen LogP contribution >= 0.6 is 0 Å². The number of aliphatic hydroxyl groups excluding tert-OH is 1. The topological polar surface area (TPSA) is 23.5 Å². The summed E-state index contributed by atoms with van der Waals surface area (Å²) < 4.78 is 31.1. The summed E-state index contributed by atoms with van der Waals surface area (Å²) in [5, 5.41) is 9.68. The first-order chi connectivity index (χ1) is 17.4. The molecule has 37 heavy (non-hydrogen) atoms. The summed E-state index contributed by atoms with van der Waals surface area (Å²) in [4.78, 5) is 2.19. The molecule has 1 atom stereocenters. The highest BCUT2D eigenvalue weighted by Gasteiger charge is 2.15. The molecule has 1 aliphatic rings. The molecule has 1 aliphatic carbocycles. The van der Waals surface area contributed by atoms with Crippen molar-refractivity contribution in [2.75, 3.05) is 11.9 Å². The van der Waals surface area contributed by atoms with Crippen LogP contribution in [0.4, 0.5) is 18.9 Å². The van der Waals surface area contributed by atoms with Gasteiger partial charge in [-0.25, -0.2) is 0 Å². The number of rotatable bonds is 6. The Labute approximate surface area is 225 Å². The van der Waals surface area contributed by atoms with Crippen LogP contribution in [0.1, 0.15) is 74.7 Å². The van der Waals surface area contributed by atoms with E-state index < -0.39 is 12.3 Å². The van der Waals surface area contributed by atoms with Gasteiger partial charge >= 0.3 is 6.18 Å². The lowest BCUT2D eigenvalue weighted by Gasteiger charge is -2.22. The van der Waals surface area contributed by atoms with Crippen molar-refractivity contribution in [3.8, 4) is 0 Å². The first-order valence-electron chi connectivity index (χ1n) is 12.8. The third-order valence-electron chi connectivity index (χ3n) is 4.90. The molecule has 0 saturated heterocycles. The molecule has 1 aromatic rings. The molecule has 0 heterocycles. The first-order valence-corrected chi connectivity index (χ1v) is 12.8. The van der Waals surface area contributed by atoms with Gasteiger partial charge in [0.1, 0.15) is 0 Å². The van der Waals surface area contributed by atoms with Crippen molar-refractivity contribution in [1.29, 1.82) is 0 Å². The maximum absolute atomic E-state index is 10.4. The number of nitrogens with zero attached hydrogens (tertiary/aromatic N) is 1. The van der Waals surface area contributed by atoms with Crippen LogP contribution in [0, 0.1) is 0 Å². The normalized spacial score (nSPS) is 13.8. The van der Waals surface area contributed by atoms with Crippen LogP contribution in [0.25, 0.3) is 0 Å². The quantitative estimate of drug-likeness (QED) is 0.376. The lowest BCUT2D eigenvalue weighted by molar-refractivity contribution is -0.110. The van der Waals surface area contributed by atoms with E-state index in [-0.39, 0.29) is 6.92 Å². The fourth-order valence-corrected chi connectivity index (χ4v) is 2.81. The Balaban J connectivity index is -0.000000537. The van der Waals surface area contributed by atoms with E-state index in [2.05, 4.69) is 95.3 Å². The van der Waals surface area contributed by atoms with Crippen LogP contribution in [0.3, 0.4) is 0 Å². The van der Waals surface area contributed by atoms with Gasteiger partial charge in [0, 0.05) is 25.4 Å². The molecule has 2 nitrogen and oxygen atoms in total. The minimum atomic E-state index is -4.00. The molecule has 0 fully saturated rings. The van der Waals surface area contributed by atoms with E-state index in [9.17, 15) is 18.3 Å². The van der Waals surface area contributed by atoms with Crippen molar-refractivity contribution in [3.05, 3.63) is 102 Å². The molecular formula is C32H50F3NO. The van der Waals surface area contributed by atoms with Crippen molar-refractivity contribution in [2.45, 2.75) is 86.9 Å². The second-order valence-electron chi connectivity index (χ2n) is 7.97. The van der Waals surface area contributed by atoms with Gasteiger partial charge in [-0.05, 0) is 76.3 Å². The second-order valence-corrected chi connectivity index (χ2v) is 7.97. The van der Waals surface area contributed by atoms with Gasteiger partial charge in [0.25, 0.3) is 0 Å². The average molecular weight is 522 g/mol. The zero-order chi connectivity index (χ0) is 29.4. The fraction of sp³-hybridized carbons (Fsp3) is 0.438. The van der Waals surface area contributed by atoms with E-state index in [1.54, 1.807) is 6.92 Å². The van der Waals surface area contributed by atoms with Crippen LogP contribution < -0.4 is 4.90 Å². The lowest BCUT2D eigenvalue weighted by atomic mass is 10.1. The zero-order valence-electron chi connectivity index (χ0n) is 24.5. The predicted octanol–water partition coefficient (Wildman–Crippen LogP) is 10.4. The largest absolute Gasteiger partial charge is 0.389 e. The van der Waals surface area contributed by atoms with Crippen LogP contribution in [0.15, 0.2) is 102 Å². The molecule has 0 spiro atoms. The van der Waals surface area contributed by atoms with Gasteiger partial charge in [-0.15, -0.1) is 13.2 Å². The number of hydrogen-bond acceptors (Lipinski definition) is 2. The summed E-state index contributed by atoms with van der Waals surface area (Å²) in [6, 6.07) is 10.3. The minimum Gasteiger partial charge on any atom is -0.389 e. The average Bonchev–Trinajstić information content (AvgIpc) is 3.07. The Hall–Kier alpha value is -2.79. The SMILES string of the molecule is C=C.CC.CC(F)(F)F.CC1=C(N(C)c2ccccc2)C=CC(C(C)O)=CC1.CC=CC/C=C(/C)CC. The summed E-state index contributed by atoms with van der Waals surface area (Å²) in [6.07, 6.45) is 11.4. The Morgan fingerprint density at radius 2 is 1.65 bits per heavy atom. The monoisotopic (exact) mass is 521 g/mol. The van der Waals surface area contributed by atoms with Gasteiger partial charge in [-0.1, -0.05) is 74.9 Å². The zero-order valence-corrected chi connectivity index (χ0v) is 24.5. The number of alkyl halides is 3. The van der Waals surface area contributed by atoms with Gasteiger partial charge in [-0.2, -0.15) is 13.2 Å². The van der Waals surface area contributed by atoms with Crippen molar-refractivity contribution in [1.82, 2.24) is 0 Å². The molecule has 0 aromatic heterocycles. The number of halogens is 3. The van der Waals surface area contributed by atoms with Gasteiger partial charge in [0.05, 0.1) is 6.10 Å². The van der Waals surface area contributed by atoms with Crippen LogP contribution in [-0.2, 0) is 0 Å². The number of allylic oxidation sites excluding steroid dienone is 7. The molecule has 5 heteroatoms. The molecule has 1 unspecified atom stereocenters. The molecule has 2 rings (SSSR count). The maximum atomic E-state index is 10.4. The Morgan fingerprint density at radius 1 is 1.14 bits per heavy atom. The number of hydrogen-bond donors (Lipinski definition) is 1. The molecule has 0 saturated carbocycles. The summed E-state index contributed by atoms with van der Waals surface area (Å²) >= 11 is 0. The van der Waals surface area contributed by atoms with Gasteiger partial charge < -0.3 is 10.0 Å². The maximum Gasteiger partial charge on any atom is 0.386 e. The summed E-state index contributed by atoms with van der Waals surface area (Å²) in [5.41, 5.74) is 6.13. The van der Waals surface area contributed by atoms with Crippen LogP contribution in [0.2, 0.25) is 0 Å². The molecule has 0 aliphatic heterocycles. The third kappa shape index (κ3) is 22.2. The van der Waals surface area contributed by atoms with Crippen molar-refractivity contribution in [3.63, 3.8) is 0 Å². The van der Waals surface area contributed by atoms with E-state index in [0.717, 1.165) is 18.4 Å². The highest BCUT2D eigenvalue weighted by atomic mass is 19.4. The van der Waals surface area contributed by atoms with Gasteiger partial charge in [-0.3, -0.25) is 0 Å². The number of benzene rings is 1. The summed E-state index contributed by atoms with van der Waals surface area (Å²) in [7, 11) is 2.08. The predicted molar refractivity (Wildman–Crippen MR) is 159 cm³/mol. The van der Waals surface area contributed by atoms with E-state index in [1.165, 1.54) is 29.0 Å². The van der Waals surface area contributed by atoms with Crippen LogP contribution in [0.5, 0.6) is 0 Å². The molecular weight excluding hydrogens is 471 g/mol. The fourth-order valence-electron chi connectivity index (χ4n) is 2.81. The smallest absolute Gasteiger partial charge is 0.386 e. The Morgan fingerprint density at radius 3 is 2.08 bits per heavy atom. The number of likely N-dealkylation sites (N-methyl/N-ethyl adjacent to an activating group) is 1. The van der Waals surface area contributed by atoms with Gasteiger partial charge in [0.15, 0.2) is 0 Å². The van der Waals surface area contributed by atoms with E-state index >= 15 is 0 Å². The van der Waals surface area contributed by atoms with Crippen molar-refractivity contribution >= 4 is 5.69 Å². The van der Waals surface area contributed by atoms with E-state index in [1.807, 2.05) is 38.1 Å². The molecule has 0 radical (unpaired) electrons. The summed E-state index contributed by atoms with van der Waals surface area (Å²) in [6.45, 7) is 20.5. The number of para-hydroxylation sites is 1. The highest BCUT2D eigenvalue weighted by Crippen LogP contribution is 2.25. The van der Waals surface area contributed by atoms with E-state index in [4.69, 9.17) is 0 Å². The third-order valence-corrected chi connectivity index (χ3v) is 4.90. The first kappa shape index (κ1) is 38.7. The van der Waals surface area contributed by atoms with Gasteiger partial charge in [0.2, 0.25) is 0 Å². The van der Waals surface area contributed by atoms with E-state index in [0.29, 0.717) is 0 Å². The molecule has 0 bridgehead atoms. The standard InChI is InChI=1S/C17H21NO.C9H16.C2H3F3.C2H6.C2H4/c1-13-9-10-15(14(2)19)11-12-17(13)18(3)16-7-5-4-6-8-16;1-4-6-7-8-9(3)5-2;1-2(3,4)5;2*1-2/h4-8,10-12,14,19H,9H2,1-3H3;4,6,8H,5,7H2,1-3H3;1H3;1-2H3;1-2H2/b;6-4?,9-8-;;;. The molecule has 1 aromatic carbocycles. The molecule has 1 N–H and O–H groups in total. The van der Waals surface area contributed by atoms with Crippen LogP contribution in [-0.4, -0.2) is 24.4 Å². The van der Waals surface area contributed by atoms with Crippen molar-refractivity contribution in [2.24, 2.45) is 0 Å². The molecule has 210 valence electrons. The number of aliphatic hydroxyl groups is 1. The van der Waals surface area contributed by atoms with Crippen molar-refractivity contribution < 1.29 is 18.3 Å². The minimum absolute atomic E-state index is 0.188. The Bertz CT molecular complexity index is 839. The summed E-state index contributed by atoms with van der Waals surface area (Å²) in [5.74, 6) is 0. The lowest BCUT2D eigenvalue weighted by Crippen LogP contribution is -2.16.